The second-order valence-corrected chi connectivity index (χ2v) is 4.74. The molecule has 4 heteroatoms. The van der Waals surface area contributed by atoms with Gasteiger partial charge in [-0.05, 0) is 40.1 Å². The standard InChI is InChI=1S/C14H17NO2S/c1-16-13-5-12(6-14(7-13)17-2)9-15-8-11-3-4-18-10-11/h3-7,10,15H,8-9H2,1-2H3. The van der Waals surface area contributed by atoms with Crippen LogP contribution in [0.3, 0.4) is 0 Å². The molecule has 0 aliphatic heterocycles. The van der Waals surface area contributed by atoms with Gasteiger partial charge < -0.3 is 14.8 Å². The molecular weight excluding hydrogens is 246 g/mol. The van der Waals surface area contributed by atoms with Crippen LogP contribution in [0, 0.1) is 0 Å². The quantitative estimate of drug-likeness (QED) is 0.869. The third kappa shape index (κ3) is 3.48. The van der Waals surface area contributed by atoms with E-state index in [0.29, 0.717) is 0 Å². The molecule has 1 aromatic carbocycles. The van der Waals surface area contributed by atoms with Crippen LogP contribution >= 0.6 is 11.3 Å². The van der Waals surface area contributed by atoms with Crippen LogP contribution in [0.2, 0.25) is 0 Å². The van der Waals surface area contributed by atoms with Crippen molar-refractivity contribution in [2.24, 2.45) is 0 Å². The number of nitrogens with one attached hydrogen (secondary N) is 1. The van der Waals surface area contributed by atoms with Crippen LogP contribution in [0.4, 0.5) is 0 Å². The normalized spacial score (nSPS) is 10.3. The van der Waals surface area contributed by atoms with Crippen molar-refractivity contribution in [1.82, 2.24) is 5.32 Å². The topological polar surface area (TPSA) is 30.5 Å². The Bertz CT molecular complexity index is 460. The maximum atomic E-state index is 5.24. The lowest BCUT2D eigenvalue weighted by atomic mass is 10.2. The maximum Gasteiger partial charge on any atom is 0.122 e. The lowest BCUT2D eigenvalue weighted by molar-refractivity contribution is 0.393. The largest absolute Gasteiger partial charge is 0.497 e. The molecule has 0 unspecified atom stereocenters. The molecule has 18 heavy (non-hydrogen) atoms. The Hall–Kier alpha value is -1.52. The first kappa shape index (κ1) is 12.9. The number of methoxy groups -OCH3 is 2. The highest BCUT2D eigenvalue weighted by molar-refractivity contribution is 7.07. The maximum absolute atomic E-state index is 5.24. The summed E-state index contributed by atoms with van der Waals surface area (Å²) in [7, 11) is 3.33. The average molecular weight is 263 g/mol. The van der Waals surface area contributed by atoms with E-state index in [4.69, 9.17) is 9.47 Å². The molecule has 3 nitrogen and oxygen atoms in total. The first-order valence-electron chi connectivity index (χ1n) is 5.75. The zero-order valence-corrected chi connectivity index (χ0v) is 11.4. The van der Waals surface area contributed by atoms with Crippen LogP contribution in [-0.2, 0) is 13.1 Å². The summed E-state index contributed by atoms with van der Waals surface area (Å²) >= 11 is 1.72. The lowest BCUT2D eigenvalue weighted by Gasteiger charge is -2.09. The van der Waals surface area contributed by atoms with Crippen molar-refractivity contribution in [3.8, 4) is 11.5 Å². The summed E-state index contributed by atoms with van der Waals surface area (Å²) in [4.78, 5) is 0. The molecular formula is C14H17NO2S. The van der Waals surface area contributed by atoms with E-state index in [1.165, 1.54) is 5.56 Å². The van der Waals surface area contributed by atoms with E-state index >= 15 is 0 Å². The first-order chi connectivity index (χ1) is 8.81. The van der Waals surface area contributed by atoms with E-state index < -0.39 is 0 Å². The van der Waals surface area contributed by atoms with Crippen LogP contribution in [0.25, 0.3) is 0 Å². The van der Waals surface area contributed by atoms with Gasteiger partial charge in [-0.1, -0.05) is 0 Å². The summed E-state index contributed by atoms with van der Waals surface area (Å²) in [5.41, 5.74) is 2.47. The first-order valence-corrected chi connectivity index (χ1v) is 6.70. The highest BCUT2D eigenvalue weighted by Crippen LogP contribution is 2.22. The van der Waals surface area contributed by atoms with Gasteiger partial charge in [-0.3, -0.25) is 0 Å². The summed E-state index contributed by atoms with van der Waals surface area (Å²) in [6, 6.07) is 8.04. The Morgan fingerprint density at radius 3 is 2.22 bits per heavy atom. The van der Waals surface area contributed by atoms with Crippen LogP contribution < -0.4 is 14.8 Å². The van der Waals surface area contributed by atoms with Crippen LogP contribution in [0.1, 0.15) is 11.1 Å². The molecule has 2 rings (SSSR count). The Morgan fingerprint density at radius 2 is 1.67 bits per heavy atom. The van der Waals surface area contributed by atoms with Crippen LogP contribution in [-0.4, -0.2) is 14.2 Å². The van der Waals surface area contributed by atoms with Gasteiger partial charge in [0, 0.05) is 19.2 Å². The number of hydrogen-bond acceptors (Lipinski definition) is 4. The fraction of sp³-hybridized carbons (Fsp3) is 0.286. The van der Waals surface area contributed by atoms with Gasteiger partial charge in [-0.15, -0.1) is 0 Å². The molecule has 0 bridgehead atoms. The predicted octanol–water partition coefficient (Wildman–Crippen LogP) is 3.06. The number of rotatable bonds is 6. The van der Waals surface area contributed by atoms with Crippen LogP contribution in [0.15, 0.2) is 35.0 Å². The average Bonchev–Trinajstić information content (AvgIpc) is 2.91. The monoisotopic (exact) mass is 263 g/mol. The molecule has 0 spiro atoms. The predicted molar refractivity (Wildman–Crippen MR) is 74.4 cm³/mol. The van der Waals surface area contributed by atoms with Gasteiger partial charge in [0.05, 0.1) is 14.2 Å². The van der Waals surface area contributed by atoms with Crippen molar-refractivity contribution in [3.63, 3.8) is 0 Å². The lowest BCUT2D eigenvalue weighted by Crippen LogP contribution is -2.12. The van der Waals surface area contributed by atoms with Crippen molar-refractivity contribution in [1.29, 1.82) is 0 Å². The van der Waals surface area contributed by atoms with Gasteiger partial charge in [0.1, 0.15) is 11.5 Å². The molecule has 0 amide bonds. The summed E-state index contributed by atoms with van der Waals surface area (Å²) in [5, 5.41) is 7.64. The number of ether oxygens (including phenoxy) is 2. The Morgan fingerprint density at radius 1 is 1.00 bits per heavy atom. The van der Waals surface area contributed by atoms with Gasteiger partial charge >= 0.3 is 0 Å². The molecule has 96 valence electrons. The van der Waals surface area contributed by atoms with E-state index in [1.807, 2.05) is 18.2 Å². The van der Waals surface area contributed by atoms with Crippen molar-refractivity contribution in [2.45, 2.75) is 13.1 Å². The van der Waals surface area contributed by atoms with Crippen molar-refractivity contribution >= 4 is 11.3 Å². The molecule has 1 aromatic heterocycles. The summed E-state index contributed by atoms with van der Waals surface area (Å²) in [5.74, 6) is 1.64. The van der Waals surface area contributed by atoms with Gasteiger partial charge in [0.15, 0.2) is 0 Å². The van der Waals surface area contributed by atoms with Crippen molar-refractivity contribution in [3.05, 3.63) is 46.2 Å². The minimum Gasteiger partial charge on any atom is -0.497 e. The molecule has 1 heterocycles. The van der Waals surface area contributed by atoms with Gasteiger partial charge in [-0.25, -0.2) is 0 Å². The molecule has 1 N–H and O–H groups in total. The van der Waals surface area contributed by atoms with E-state index in [9.17, 15) is 0 Å². The minimum atomic E-state index is 0.795. The summed E-state index contributed by atoms with van der Waals surface area (Å²) < 4.78 is 10.5. The van der Waals surface area contributed by atoms with Crippen LogP contribution in [0.5, 0.6) is 11.5 Å². The molecule has 0 aliphatic rings. The fourth-order valence-electron chi connectivity index (χ4n) is 1.71. The molecule has 0 atom stereocenters. The van der Waals surface area contributed by atoms with Crippen molar-refractivity contribution < 1.29 is 9.47 Å². The van der Waals surface area contributed by atoms with E-state index in [0.717, 1.165) is 30.2 Å². The second-order valence-electron chi connectivity index (χ2n) is 3.96. The number of hydrogen-bond donors (Lipinski definition) is 1. The van der Waals surface area contributed by atoms with E-state index in [-0.39, 0.29) is 0 Å². The minimum absolute atomic E-state index is 0.795. The van der Waals surface area contributed by atoms with Gasteiger partial charge in [-0.2, -0.15) is 11.3 Å². The van der Waals surface area contributed by atoms with Gasteiger partial charge in [0.25, 0.3) is 0 Å². The highest BCUT2D eigenvalue weighted by Gasteiger charge is 2.01. The molecule has 0 saturated carbocycles. The molecule has 0 radical (unpaired) electrons. The number of thiophene rings is 1. The second kappa shape index (κ2) is 6.42. The fourth-order valence-corrected chi connectivity index (χ4v) is 2.38. The zero-order valence-electron chi connectivity index (χ0n) is 10.6. The number of benzene rings is 1. The Kier molecular flexibility index (Phi) is 4.61. The third-order valence-corrected chi connectivity index (χ3v) is 3.38. The van der Waals surface area contributed by atoms with E-state index in [1.54, 1.807) is 25.6 Å². The third-order valence-electron chi connectivity index (χ3n) is 2.65. The zero-order chi connectivity index (χ0) is 12.8. The van der Waals surface area contributed by atoms with Gasteiger partial charge in [0.2, 0.25) is 0 Å². The van der Waals surface area contributed by atoms with E-state index in [2.05, 4.69) is 22.1 Å². The van der Waals surface area contributed by atoms with Crippen molar-refractivity contribution in [2.75, 3.05) is 14.2 Å². The summed E-state index contributed by atoms with van der Waals surface area (Å²) in [6.07, 6.45) is 0. The Labute approximate surface area is 111 Å². The molecule has 0 saturated heterocycles. The smallest absolute Gasteiger partial charge is 0.122 e. The highest BCUT2D eigenvalue weighted by atomic mass is 32.1. The molecule has 0 fully saturated rings. The summed E-state index contributed by atoms with van der Waals surface area (Å²) in [6.45, 7) is 1.67. The molecule has 2 aromatic rings. The Balaban J connectivity index is 1.95. The SMILES string of the molecule is COc1cc(CNCc2ccsc2)cc(OC)c1. The molecule has 0 aliphatic carbocycles.